The predicted octanol–water partition coefficient (Wildman–Crippen LogP) is 1.22. The van der Waals surface area contributed by atoms with Gasteiger partial charge in [-0.15, -0.1) is 0 Å². The Labute approximate surface area is 135 Å². The fourth-order valence-corrected chi connectivity index (χ4v) is 2.45. The topological polar surface area (TPSA) is 44.8 Å². The largest absolute Gasteiger partial charge is 0.491 e. The Morgan fingerprint density at radius 3 is 2.86 bits per heavy atom. The van der Waals surface area contributed by atoms with E-state index in [0.717, 1.165) is 26.2 Å². The van der Waals surface area contributed by atoms with E-state index in [9.17, 15) is 9.18 Å². The predicted molar refractivity (Wildman–Crippen MR) is 83.9 cm³/mol. The molecular weight excluding hydrogens is 309 g/mol. The maximum Gasteiger partial charge on any atom is 0.236 e. The van der Waals surface area contributed by atoms with E-state index in [1.165, 1.54) is 18.2 Å². The average molecular weight is 330 g/mol. The lowest BCUT2D eigenvalue weighted by molar-refractivity contribution is -0.132. The monoisotopic (exact) mass is 329 g/mol. The molecule has 1 saturated heterocycles. The van der Waals surface area contributed by atoms with Gasteiger partial charge in [-0.25, -0.2) is 4.39 Å². The summed E-state index contributed by atoms with van der Waals surface area (Å²) >= 11 is 5.89. The number of benzene rings is 1. The molecule has 5 nitrogen and oxygen atoms in total. The van der Waals surface area contributed by atoms with Gasteiger partial charge in [-0.1, -0.05) is 11.6 Å². The molecule has 2 rings (SSSR count). The van der Waals surface area contributed by atoms with Gasteiger partial charge in [0.05, 0.1) is 11.6 Å². The molecule has 122 valence electrons. The number of carbonyl (C=O) groups excluding carboxylic acids is 1. The number of amides is 1. The molecule has 1 fully saturated rings. The summed E-state index contributed by atoms with van der Waals surface area (Å²) in [5, 5.41) is 3.47. The zero-order chi connectivity index (χ0) is 15.9. The van der Waals surface area contributed by atoms with Crippen LogP contribution in [0.3, 0.4) is 0 Å². The number of halogens is 2. The summed E-state index contributed by atoms with van der Waals surface area (Å²) in [5.74, 6) is 0.185. The Balaban J connectivity index is 1.70. The third-order valence-corrected chi connectivity index (χ3v) is 3.79. The maximum atomic E-state index is 12.9. The highest BCUT2D eigenvalue weighted by atomic mass is 35.5. The van der Waals surface area contributed by atoms with Gasteiger partial charge in [-0.2, -0.15) is 0 Å². The third kappa shape index (κ3) is 5.12. The van der Waals surface area contributed by atoms with Crippen LogP contribution in [0.1, 0.15) is 0 Å². The van der Waals surface area contributed by atoms with Crippen LogP contribution in [0.4, 0.5) is 4.39 Å². The summed E-state index contributed by atoms with van der Waals surface area (Å²) in [6, 6.07) is 4.02. The van der Waals surface area contributed by atoms with Crippen LogP contribution in [-0.4, -0.2) is 68.6 Å². The highest BCUT2D eigenvalue weighted by molar-refractivity contribution is 6.32. The molecule has 7 heteroatoms. The number of piperazine rings is 1. The standard InChI is InChI=1S/C15H21ClFN3O2/c1-19(11-15(21)20-6-4-18-5-7-20)8-9-22-14-3-2-12(17)10-13(14)16/h2-3,10,18H,4-9,11H2,1H3. The summed E-state index contributed by atoms with van der Waals surface area (Å²) in [4.78, 5) is 15.9. The maximum absolute atomic E-state index is 12.9. The van der Waals surface area contributed by atoms with Crippen LogP contribution in [0.15, 0.2) is 18.2 Å². The van der Waals surface area contributed by atoms with E-state index >= 15 is 0 Å². The van der Waals surface area contributed by atoms with E-state index in [-0.39, 0.29) is 10.9 Å². The molecule has 0 saturated carbocycles. The van der Waals surface area contributed by atoms with Crippen molar-refractivity contribution in [3.8, 4) is 5.75 Å². The zero-order valence-corrected chi connectivity index (χ0v) is 13.4. The van der Waals surface area contributed by atoms with Gasteiger partial charge in [0.1, 0.15) is 18.2 Å². The molecular formula is C15H21ClFN3O2. The van der Waals surface area contributed by atoms with Crippen molar-refractivity contribution in [3.63, 3.8) is 0 Å². The smallest absolute Gasteiger partial charge is 0.236 e. The molecule has 0 unspecified atom stereocenters. The van der Waals surface area contributed by atoms with Crippen molar-refractivity contribution >= 4 is 17.5 Å². The van der Waals surface area contributed by atoms with Crippen LogP contribution in [-0.2, 0) is 4.79 Å². The van der Waals surface area contributed by atoms with Crippen molar-refractivity contribution in [2.24, 2.45) is 0 Å². The number of rotatable bonds is 6. The van der Waals surface area contributed by atoms with Crippen LogP contribution in [0.2, 0.25) is 5.02 Å². The fourth-order valence-electron chi connectivity index (χ4n) is 2.23. The zero-order valence-electron chi connectivity index (χ0n) is 12.6. The van der Waals surface area contributed by atoms with E-state index in [2.05, 4.69) is 5.32 Å². The lowest BCUT2D eigenvalue weighted by atomic mass is 10.3. The van der Waals surface area contributed by atoms with Crippen molar-refractivity contribution in [1.82, 2.24) is 15.1 Å². The molecule has 1 N–H and O–H groups in total. The lowest BCUT2D eigenvalue weighted by Gasteiger charge is -2.29. The first-order valence-electron chi connectivity index (χ1n) is 7.31. The van der Waals surface area contributed by atoms with Gasteiger partial charge in [0.2, 0.25) is 5.91 Å². The SMILES string of the molecule is CN(CCOc1ccc(F)cc1Cl)CC(=O)N1CCNCC1. The van der Waals surface area contributed by atoms with Gasteiger partial charge in [-0.3, -0.25) is 9.69 Å². The molecule has 0 bridgehead atoms. The minimum atomic E-state index is -0.393. The summed E-state index contributed by atoms with van der Waals surface area (Å²) in [7, 11) is 1.87. The molecule has 1 amide bonds. The van der Waals surface area contributed by atoms with Gasteiger partial charge in [-0.05, 0) is 25.2 Å². The highest BCUT2D eigenvalue weighted by Gasteiger charge is 2.17. The van der Waals surface area contributed by atoms with E-state index in [1.54, 1.807) is 0 Å². The van der Waals surface area contributed by atoms with E-state index in [0.29, 0.717) is 25.4 Å². The molecule has 1 heterocycles. The number of nitrogens with zero attached hydrogens (tertiary/aromatic N) is 2. The average Bonchev–Trinajstić information content (AvgIpc) is 2.50. The number of ether oxygens (including phenoxy) is 1. The molecule has 1 aromatic carbocycles. The van der Waals surface area contributed by atoms with Crippen molar-refractivity contribution < 1.29 is 13.9 Å². The number of carbonyl (C=O) groups is 1. The first-order chi connectivity index (χ1) is 10.6. The first-order valence-corrected chi connectivity index (χ1v) is 7.69. The lowest BCUT2D eigenvalue weighted by Crippen LogP contribution is -2.49. The molecule has 0 radical (unpaired) electrons. The van der Waals surface area contributed by atoms with Crippen molar-refractivity contribution in [1.29, 1.82) is 0 Å². The van der Waals surface area contributed by atoms with Crippen LogP contribution in [0.5, 0.6) is 5.75 Å². The minimum Gasteiger partial charge on any atom is -0.491 e. The quantitative estimate of drug-likeness (QED) is 0.852. The molecule has 1 aromatic rings. The van der Waals surface area contributed by atoms with Crippen LogP contribution < -0.4 is 10.1 Å². The molecule has 1 aliphatic heterocycles. The molecule has 22 heavy (non-hydrogen) atoms. The molecule has 0 atom stereocenters. The van der Waals surface area contributed by atoms with Crippen molar-refractivity contribution in [3.05, 3.63) is 29.0 Å². The van der Waals surface area contributed by atoms with Crippen molar-refractivity contribution in [2.75, 3.05) is 52.9 Å². The Hall–Kier alpha value is -1.37. The molecule has 1 aliphatic rings. The second kappa shape index (κ2) is 8.31. The third-order valence-electron chi connectivity index (χ3n) is 3.50. The Morgan fingerprint density at radius 2 is 2.18 bits per heavy atom. The van der Waals surface area contributed by atoms with E-state index in [1.807, 2.05) is 16.8 Å². The van der Waals surface area contributed by atoms with Gasteiger partial charge < -0.3 is 15.0 Å². The van der Waals surface area contributed by atoms with Gasteiger partial charge in [0.15, 0.2) is 0 Å². The molecule has 0 aromatic heterocycles. The number of hydrogen-bond donors (Lipinski definition) is 1. The minimum absolute atomic E-state index is 0.129. The van der Waals surface area contributed by atoms with E-state index in [4.69, 9.17) is 16.3 Å². The first kappa shape index (κ1) is 17.0. The number of hydrogen-bond acceptors (Lipinski definition) is 4. The van der Waals surface area contributed by atoms with Crippen LogP contribution in [0.25, 0.3) is 0 Å². The Bertz CT molecular complexity index is 510. The Morgan fingerprint density at radius 1 is 1.45 bits per heavy atom. The Kier molecular flexibility index (Phi) is 6.42. The normalized spacial score (nSPS) is 15.2. The second-order valence-electron chi connectivity index (χ2n) is 5.29. The summed E-state index contributed by atoms with van der Waals surface area (Å²) in [6.45, 7) is 4.55. The molecule has 0 aliphatic carbocycles. The summed E-state index contributed by atoms with van der Waals surface area (Å²) < 4.78 is 18.4. The molecule has 0 spiro atoms. The number of likely N-dealkylation sites (N-methyl/N-ethyl adjacent to an activating group) is 1. The van der Waals surface area contributed by atoms with Gasteiger partial charge >= 0.3 is 0 Å². The van der Waals surface area contributed by atoms with E-state index < -0.39 is 5.82 Å². The van der Waals surface area contributed by atoms with Crippen LogP contribution in [0, 0.1) is 5.82 Å². The van der Waals surface area contributed by atoms with Gasteiger partial charge in [0, 0.05) is 32.7 Å². The fraction of sp³-hybridized carbons (Fsp3) is 0.533. The van der Waals surface area contributed by atoms with Crippen molar-refractivity contribution in [2.45, 2.75) is 0 Å². The summed E-state index contributed by atoms with van der Waals surface area (Å²) in [5.41, 5.74) is 0. The highest BCUT2D eigenvalue weighted by Crippen LogP contribution is 2.24. The second-order valence-corrected chi connectivity index (χ2v) is 5.70. The van der Waals surface area contributed by atoms with Crippen LogP contribution >= 0.6 is 11.6 Å². The van der Waals surface area contributed by atoms with Gasteiger partial charge in [0.25, 0.3) is 0 Å². The summed E-state index contributed by atoms with van der Waals surface area (Å²) in [6.07, 6.45) is 0. The number of nitrogens with one attached hydrogen (secondary N) is 1.